The Kier molecular flexibility index (Phi) is 2.66. The molecule has 1 aliphatic rings. The van der Waals surface area contributed by atoms with Crippen LogP contribution in [-0.4, -0.2) is 21.1 Å². The van der Waals surface area contributed by atoms with E-state index < -0.39 is 0 Å². The van der Waals surface area contributed by atoms with Gasteiger partial charge in [0.05, 0.1) is 5.69 Å². The summed E-state index contributed by atoms with van der Waals surface area (Å²) in [4.78, 5) is 17.6. The van der Waals surface area contributed by atoms with E-state index in [0.29, 0.717) is 10.8 Å². The Hall–Kier alpha value is -1.69. The van der Waals surface area contributed by atoms with Gasteiger partial charge in [0, 0.05) is 16.1 Å². The third kappa shape index (κ3) is 1.82. The van der Waals surface area contributed by atoms with Crippen molar-refractivity contribution in [2.75, 3.05) is 5.32 Å². The fourth-order valence-electron chi connectivity index (χ4n) is 2.19. The predicted octanol–water partition coefficient (Wildman–Crippen LogP) is 2.22. The Labute approximate surface area is 109 Å². The van der Waals surface area contributed by atoms with Crippen LogP contribution < -0.4 is 5.32 Å². The van der Waals surface area contributed by atoms with Gasteiger partial charge in [0.25, 0.3) is 5.91 Å². The van der Waals surface area contributed by atoms with E-state index in [1.807, 2.05) is 13.8 Å². The topological polar surface area (TPSA) is 70.7 Å². The molecule has 0 aromatic carbocycles. The summed E-state index contributed by atoms with van der Waals surface area (Å²) in [6, 6.07) is 0. The van der Waals surface area contributed by atoms with Crippen LogP contribution in [0.25, 0.3) is 0 Å². The van der Waals surface area contributed by atoms with Crippen molar-refractivity contribution in [1.82, 2.24) is 15.2 Å². The Morgan fingerprint density at radius 3 is 2.94 bits per heavy atom. The lowest BCUT2D eigenvalue weighted by Gasteiger charge is -1.99. The maximum Gasteiger partial charge on any atom is 0.278 e. The zero-order valence-electron chi connectivity index (χ0n) is 10.3. The van der Waals surface area contributed by atoms with Crippen LogP contribution >= 0.6 is 11.3 Å². The van der Waals surface area contributed by atoms with Gasteiger partial charge >= 0.3 is 0 Å². The summed E-state index contributed by atoms with van der Waals surface area (Å²) in [6.45, 7) is 3.93. The van der Waals surface area contributed by atoms with Gasteiger partial charge in [0.2, 0.25) is 0 Å². The first-order valence-electron chi connectivity index (χ1n) is 5.96. The summed E-state index contributed by atoms with van der Waals surface area (Å²) in [5, 5.41) is 10.5. The largest absolute Gasteiger partial charge is 0.296 e. The van der Waals surface area contributed by atoms with E-state index in [-0.39, 0.29) is 5.91 Å². The lowest BCUT2D eigenvalue weighted by atomic mass is 10.2. The van der Waals surface area contributed by atoms with Gasteiger partial charge in [-0.15, -0.1) is 11.3 Å². The maximum absolute atomic E-state index is 12.1. The highest BCUT2D eigenvalue weighted by Gasteiger charge is 2.23. The lowest BCUT2D eigenvalue weighted by Crippen LogP contribution is -2.14. The molecule has 0 aliphatic heterocycles. The van der Waals surface area contributed by atoms with Crippen molar-refractivity contribution in [3.8, 4) is 0 Å². The number of fused-ring (bicyclic) bond motifs is 1. The highest BCUT2D eigenvalue weighted by atomic mass is 32.1. The van der Waals surface area contributed by atoms with E-state index in [0.717, 1.165) is 41.1 Å². The molecule has 6 heteroatoms. The van der Waals surface area contributed by atoms with Gasteiger partial charge in [0.1, 0.15) is 0 Å². The van der Waals surface area contributed by atoms with Gasteiger partial charge in [-0.3, -0.25) is 15.2 Å². The molecule has 0 fully saturated rings. The number of hydrogen-bond donors (Lipinski definition) is 2. The molecular weight excluding hydrogens is 248 g/mol. The zero-order valence-corrected chi connectivity index (χ0v) is 11.1. The predicted molar refractivity (Wildman–Crippen MR) is 70.2 cm³/mol. The molecule has 2 aromatic heterocycles. The molecule has 1 aliphatic carbocycles. The molecule has 2 aromatic rings. The molecule has 0 spiro atoms. The quantitative estimate of drug-likeness (QED) is 0.871. The molecule has 1 amide bonds. The zero-order chi connectivity index (χ0) is 12.7. The highest BCUT2D eigenvalue weighted by molar-refractivity contribution is 7.15. The smallest absolute Gasteiger partial charge is 0.278 e. The van der Waals surface area contributed by atoms with E-state index in [4.69, 9.17) is 0 Å². The van der Waals surface area contributed by atoms with Gasteiger partial charge in [-0.2, -0.15) is 5.10 Å². The van der Waals surface area contributed by atoms with E-state index in [9.17, 15) is 4.79 Å². The molecule has 0 saturated heterocycles. The van der Waals surface area contributed by atoms with Gasteiger partial charge < -0.3 is 0 Å². The first-order valence-corrected chi connectivity index (χ1v) is 6.78. The van der Waals surface area contributed by atoms with Gasteiger partial charge in [-0.25, -0.2) is 4.98 Å². The van der Waals surface area contributed by atoms with Crippen molar-refractivity contribution in [1.29, 1.82) is 0 Å². The summed E-state index contributed by atoms with van der Waals surface area (Å²) in [5.74, 6) is -0.164. The highest BCUT2D eigenvalue weighted by Crippen LogP contribution is 2.25. The molecular formula is C12H14N4OS. The second-order valence-electron chi connectivity index (χ2n) is 4.50. The maximum atomic E-state index is 12.1. The number of aryl methyl sites for hydroxylation is 3. The molecule has 0 bridgehead atoms. The van der Waals surface area contributed by atoms with Crippen LogP contribution in [0.5, 0.6) is 0 Å². The third-order valence-electron chi connectivity index (χ3n) is 3.27. The van der Waals surface area contributed by atoms with Crippen LogP contribution in [0.4, 0.5) is 5.13 Å². The number of carbonyl (C=O) groups is 1. The second-order valence-corrected chi connectivity index (χ2v) is 5.70. The molecule has 0 unspecified atom stereocenters. The number of anilines is 1. The van der Waals surface area contributed by atoms with Crippen molar-refractivity contribution in [3.05, 3.63) is 27.5 Å². The Balaban J connectivity index is 1.82. The van der Waals surface area contributed by atoms with Gasteiger partial charge in [-0.1, -0.05) is 0 Å². The van der Waals surface area contributed by atoms with Gasteiger partial charge in [0.15, 0.2) is 10.8 Å². The SMILES string of the molecule is Cc1nc(NC(=O)c2n[nH]c3c2CCC3)sc1C. The van der Waals surface area contributed by atoms with Crippen LogP contribution in [0.3, 0.4) is 0 Å². The Bertz CT molecular complexity index is 594. The number of carbonyl (C=O) groups excluding carboxylic acids is 1. The number of amides is 1. The Morgan fingerprint density at radius 2 is 2.22 bits per heavy atom. The van der Waals surface area contributed by atoms with Crippen molar-refractivity contribution in [2.45, 2.75) is 33.1 Å². The number of H-pyrrole nitrogens is 1. The summed E-state index contributed by atoms with van der Waals surface area (Å²) < 4.78 is 0. The molecule has 3 rings (SSSR count). The second kappa shape index (κ2) is 4.20. The number of aromatic amines is 1. The van der Waals surface area contributed by atoms with Crippen LogP contribution in [0.1, 0.15) is 38.7 Å². The average molecular weight is 262 g/mol. The van der Waals surface area contributed by atoms with Crippen LogP contribution in [-0.2, 0) is 12.8 Å². The minimum absolute atomic E-state index is 0.164. The average Bonchev–Trinajstić information content (AvgIpc) is 2.95. The number of thiazole rings is 1. The van der Waals surface area contributed by atoms with Crippen LogP contribution in [0.2, 0.25) is 0 Å². The van der Waals surface area contributed by atoms with Gasteiger partial charge in [-0.05, 0) is 33.1 Å². The standard InChI is InChI=1S/C12H14N4OS/c1-6-7(2)18-12(13-6)14-11(17)10-8-4-3-5-9(8)15-16-10/h3-5H2,1-2H3,(H,15,16)(H,13,14,17). The van der Waals surface area contributed by atoms with Crippen LogP contribution in [0, 0.1) is 13.8 Å². The normalized spacial score (nSPS) is 13.7. The van der Waals surface area contributed by atoms with Crippen LogP contribution in [0.15, 0.2) is 0 Å². The monoisotopic (exact) mass is 262 g/mol. The lowest BCUT2D eigenvalue weighted by molar-refractivity contribution is 0.102. The summed E-state index contributed by atoms with van der Waals surface area (Å²) >= 11 is 1.49. The first kappa shape index (κ1) is 11.4. The first-order chi connectivity index (χ1) is 8.65. The van der Waals surface area contributed by atoms with Crippen molar-refractivity contribution in [2.24, 2.45) is 0 Å². The molecule has 2 N–H and O–H groups in total. The summed E-state index contributed by atoms with van der Waals surface area (Å²) in [5.41, 5.74) is 3.65. The molecule has 2 heterocycles. The van der Waals surface area contributed by atoms with Crippen molar-refractivity contribution < 1.29 is 4.79 Å². The molecule has 0 radical (unpaired) electrons. The molecule has 94 valence electrons. The fourth-order valence-corrected chi connectivity index (χ4v) is 3.00. The molecule has 18 heavy (non-hydrogen) atoms. The number of hydrogen-bond acceptors (Lipinski definition) is 4. The fraction of sp³-hybridized carbons (Fsp3) is 0.417. The summed E-state index contributed by atoms with van der Waals surface area (Å²) in [7, 11) is 0. The molecule has 0 saturated carbocycles. The van der Waals surface area contributed by atoms with E-state index in [1.54, 1.807) is 0 Å². The van der Waals surface area contributed by atoms with Crippen molar-refractivity contribution >= 4 is 22.4 Å². The molecule has 0 atom stereocenters. The summed E-state index contributed by atoms with van der Waals surface area (Å²) in [6.07, 6.45) is 3.02. The molecule has 5 nitrogen and oxygen atoms in total. The Morgan fingerprint density at radius 1 is 1.39 bits per heavy atom. The number of rotatable bonds is 2. The number of aromatic nitrogens is 3. The number of nitrogens with one attached hydrogen (secondary N) is 2. The minimum atomic E-state index is -0.164. The van der Waals surface area contributed by atoms with E-state index in [2.05, 4.69) is 20.5 Å². The van der Waals surface area contributed by atoms with E-state index >= 15 is 0 Å². The third-order valence-corrected chi connectivity index (χ3v) is 4.26. The van der Waals surface area contributed by atoms with E-state index in [1.165, 1.54) is 11.3 Å². The minimum Gasteiger partial charge on any atom is -0.296 e. The number of nitrogens with zero attached hydrogens (tertiary/aromatic N) is 2. The van der Waals surface area contributed by atoms with Crippen molar-refractivity contribution in [3.63, 3.8) is 0 Å².